The Hall–Kier alpha value is -2.16. The van der Waals surface area contributed by atoms with Crippen LogP contribution in [0.25, 0.3) is 0 Å². The molecule has 1 aromatic carbocycles. The minimum atomic E-state index is -3.51. The van der Waals surface area contributed by atoms with Crippen molar-refractivity contribution in [3.05, 3.63) is 28.3 Å². The Balaban J connectivity index is 2.79. The molecule has 8 nitrogen and oxygen atoms in total. The number of benzene rings is 1. The van der Waals surface area contributed by atoms with Crippen LogP contribution >= 0.6 is 0 Å². The van der Waals surface area contributed by atoms with Crippen LogP contribution in [0.2, 0.25) is 0 Å². The first-order chi connectivity index (χ1) is 10.1. The number of nitro benzene ring substituents is 1. The molecule has 0 aromatic heterocycles. The van der Waals surface area contributed by atoms with Crippen LogP contribution in [0, 0.1) is 16.0 Å². The minimum Gasteiger partial charge on any atom is -0.378 e. The number of nitro groups is 1. The van der Waals surface area contributed by atoms with Gasteiger partial charge in [0.2, 0.25) is 5.91 Å². The summed E-state index contributed by atoms with van der Waals surface area (Å²) in [6, 6.07) is 3.67. The largest absolute Gasteiger partial charge is 0.378 e. The lowest BCUT2D eigenvalue weighted by Gasteiger charge is -2.10. The molecule has 0 radical (unpaired) electrons. The monoisotopic (exact) mass is 329 g/mol. The zero-order chi connectivity index (χ0) is 16.9. The Kier molecular flexibility index (Phi) is 5.86. The van der Waals surface area contributed by atoms with Crippen LogP contribution in [-0.2, 0) is 14.6 Å². The zero-order valence-corrected chi connectivity index (χ0v) is 13.4. The Bertz CT molecular complexity index is 670. The predicted octanol–water partition coefficient (Wildman–Crippen LogP) is 1.18. The van der Waals surface area contributed by atoms with Crippen molar-refractivity contribution in [3.8, 4) is 0 Å². The molecule has 122 valence electrons. The van der Waals surface area contributed by atoms with E-state index in [1.54, 1.807) is 13.8 Å². The number of anilines is 1. The summed E-state index contributed by atoms with van der Waals surface area (Å²) in [6.45, 7) is 4.12. The second kappa shape index (κ2) is 7.21. The normalized spacial score (nSPS) is 11.3. The molecule has 0 fully saturated rings. The Labute approximate surface area is 129 Å². The molecule has 0 atom stereocenters. The smallest absolute Gasteiger partial charge is 0.293 e. The number of amides is 1. The fourth-order valence-corrected chi connectivity index (χ4v) is 2.27. The molecule has 0 spiro atoms. The first-order valence-electron chi connectivity index (χ1n) is 6.63. The third kappa shape index (κ3) is 4.99. The summed E-state index contributed by atoms with van der Waals surface area (Å²) in [5.41, 5.74) is -0.116. The molecule has 2 N–H and O–H groups in total. The van der Waals surface area contributed by atoms with Gasteiger partial charge in [-0.1, -0.05) is 13.8 Å². The van der Waals surface area contributed by atoms with Gasteiger partial charge in [0.1, 0.15) is 5.69 Å². The second-order valence-corrected chi connectivity index (χ2v) is 7.10. The molecule has 0 unspecified atom stereocenters. The van der Waals surface area contributed by atoms with Crippen molar-refractivity contribution < 1.29 is 18.1 Å². The van der Waals surface area contributed by atoms with E-state index in [-0.39, 0.29) is 34.6 Å². The van der Waals surface area contributed by atoms with Gasteiger partial charge in [0.25, 0.3) is 5.69 Å². The first-order valence-corrected chi connectivity index (χ1v) is 8.52. The lowest BCUT2D eigenvalue weighted by Crippen LogP contribution is -2.31. The molecule has 0 aliphatic carbocycles. The number of rotatable bonds is 7. The lowest BCUT2D eigenvalue weighted by atomic mass is 10.2. The summed E-state index contributed by atoms with van der Waals surface area (Å²) >= 11 is 0. The third-order valence-corrected chi connectivity index (χ3v) is 3.97. The van der Waals surface area contributed by atoms with E-state index in [9.17, 15) is 23.3 Å². The molecular weight excluding hydrogens is 310 g/mol. The van der Waals surface area contributed by atoms with Gasteiger partial charge in [-0.05, 0) is 12.1 Å². The summed E-state index contributed by atoms with van der Waals surface area (Å²) in [5, 5.41) is 16.5. The van der Waals surface area contributed by atoms with Gasteiger partial charge < -0.3 is 10.6 Å². The zero-order valence-electron chi connectivity index (χ0n) is 12.6. The average molecular weight is 329 g/mol. The molecule has 0 saturated heterocycles. The summed E-state index contributed by atoms with van der Waals surface area (Å²) in [5.74, 6) is -0.243. The van der Waals surface area contributed by atoms with Crippen LogP contribution in [0.5, 0.6) is 0 Å². The number of nitrogens with one attached hydrogen (secondary N) is 2. The third-order valence-electron chi connectivity index (χ3n) is 2.86. The molecule has 0 saturated carbocycles. The topological polar surface area (TPSA) is 118 Å². The fourth-order valence-electron chi connectivity index (χ4n) is 1.63. The van der Waals surface area contributed by atoms with E-state index in [2.05, 4.69) is 10.6 Å². The van der Waals surface area contributed by atoms with E-state index in [4.69, 9.17) is 0 Å². The number of carbonyl (C=O) groups is 1. The standard InChI is InChI=1S/C13H19N3O5S/c1-9(2)13(17)15-7-6-14-11-5-4-10(22(3,20)21)8-12(11)16(18)19/h4-5,8-9,14H,6-7H2,1-3H3,(H,15,17). The van der Waals surface area contributed by atoms with E-state index in [0.717, 1.165) is 12.3 Å². The van der Waals surface area contributed by atoms with Crippen LogP contribution in [0.4, 0.5) is 11.4 Å². The maximum Gasteiger partial charge on any atom is 0.293 e. The summed E-state index contributed by atoms with van der Waals surface area (Å²) in [6.07, 6.45) is 0.987. The van der Waals surface area contributed by atoms with Gasteiger partial charge >= 0.3 is 0 Å². The van der Waals surface area contributed by atoms with Gasteiger partial charge in [-0.25, -0.2) is 8.42 Å². The molecular formula is C13H19N3O5S. The first kappa shape index (κ1) is 17.9. The van der Waals surface area contributed by atoms with Gasteiger partial charge in [-0.15, -0.1) is 0 Å². The highest BCUT2D eigenvalue weighted by Crippen LogP contribution is 2.27. The van der Waals surface area contributed by atoms with E-state index in [1.165, 1.54) is 12.1 Å². The quantitative estimate of drug-likeness (QED) is 0.440. The molecule has 1 aromatic rings. The predicted molar refractivity (Wildman–Crippen MR) is 82.5 cm³/mol. The van der Waals surface area contributed by atoms with Gasteiger partial charge in [0.15, 0.2) is 9.84 Å². The van der Waals surface area contributed by atoms with Gasteiger partial charge in [0, 0.05) is 31.3 Å². The van der Waals surface area contributed by atoms with Crippen LogP contribution in [-0.4, -0.2) is 38.6 Å². The number of nitrogens with zero attached hydrogens (tertiary/aromatic N) is 1. The summed E-state index contributed by atoms with van der Waals surface area (Å²) < 4.78 is 22.9. The van der Waals surface area contributed by atoms with Crippen molar-refractivity contribution in [1.82, 2.24) is 5.32 Å². The molecule has 9 heteroatoms. The summed E-state index contributed by atoms with van der Waals surface area (Å²) in [4.78, 5) is 21.6. The second-order valence-electron chi connectivity index (χ2n) is 5.08. The SMILES string of the molecule is CC(C)C(=O)NCCNc1ccc(S(C)(=O)=O)cc1[N+](=O)[O-]. The van der Waals surface area contributed by atoms with Gasteiger partial charge in [0.05, 0.1) is 9.82 Å². The van der Waals surface area contributed by atoms with Crippen LogP contribution in [0.15, 0.2) is 23.1 Å². The number of hydrogen-bond donors (Lipinski definition) is 2. The van der Waals surface area contributed by atoms with E-state index < -0.39 is 14.8 Å². The van der Waals surface area contributed by atoms with Crippen LogP contribution in [0.1, 0.15) is 13.8 Å². The van der Waals surface area contributed by atoms with Crippen molar-refractivity contribution in [2.24, 2.45) is 5.92 Å². The molecule has 0 bridgehead atoms. The van der Waals surface area contributed by atoms with Crippen molar-refractivity contribution in [3.63, 3.8) is 0 Å². The Morgan fingerprint density at radius 2 is 1.95 bits per heavy atom. The van der Waals surface area contributed by atoms with Crippen molar-refractivity contribution in [2.75, 3.05) is 24.7 Å². The number of sulfone groups is 1. The Morgan fingerprint density at radius 1 is 1.32 bits per heavy atom. The highest BCUT2D eigenvalue weighted by molar-refractivity contribution is 7.90. The molecule has 0 aliphatic heterocycles. The summed E-state index contributed by atoms with van der Waals surface area (Å²) in [7, 11) is -3.51. The Morgan fingerprint density at radius 3 is 2.45 bits per heavy atom. The number of hydrogen-bond acceptors (Lipinski definition) is 6. The van der Waals surface area contributed by atoms with E-state index in [1.807, 2.05) is 0 Å². The molecule has 0 heterocycles. The maximum atomic E-state index is 11.4. The molecule has 0 aliphatic rings. The van der Waals surface area contributed by atoms with E-state index >= 15 is 0 Å². The minimum absolute atomic E-state index is 0.108. The molecule has 1 rings (SSSR count). The highest BCUT2D eigenvalue weighted by atomic mass is 32.2. The molecule has 1 amide bonds. The maximum absolute atomic E-state index is 11.4. The van der Waals surface area contributed by atoms with Gasteiger partial charge in [-0.3, -0.25) is 14.9 Å². The van der Waals surface area contributed by atoms with Crippen LogP contribution in [0.3, 0.4) is 0 Å². The van der Waals surface area contributed by atoms with Crippen LogP contribution < -0.4 is 10.6 Å². The van der Waals surface area contributed by atoms with Crippen molar-refractivity contribution in [2.45, 2.75) is 18.7 Å². The highest BCUT2D eigenvalue weighted by Gasteiger charge is 2.18. The fraction of sp³-hybridized carbons (Fsp3) is 0.462. The molecule has 22 heavy (non-hydrogen) atoms. The lowest BCUT2D eigenvalue weighted by molar-refractivity contribution is -0.384. The van der Waals surface area contributed by atoms with Gasteiger partial charge in [-0.2, -0.15) is 0 Å². The number of carbonyl (C=O) groups excluding carboxylic acids is 1. The van der Waals surface area contributed by atoms with Crippen molar-refractivity contribution in [1.29, 1.82) is 0 Å². The average Bonchev–Trinajstić information content (AvgIpc) is 2.41. The van der Waals surface area contributed by atoms with E-state index in [0.29, 0.717) is 6.54 Å². The van der Waals surface area contributed by atoms with Crippen molar-refractivity contribution >= 4 is 27.1 Å².